The number of aliphatic hydroxyl groups excluding tert-OH is 1. The van der Waals surface area contributed by atoms with E-state index >= 15 is 0 Å². The third-order valence-corrected chi connectivity index (χ3v) is 3.73. The number of hydrogen-bond acceptors (Lipinski definition) is 3. The Labute approximate surface area is 120 Å². The Morgan fingerprint density at radius 2 is 2.30 bits per heavy atom. The average molecular weight is 277 g/mol. The first-order valence-electron chi connectivity index (χ1n) is 7.35. The van der Waals surface area contributed by atoms with Crippen molar-refractivity contribution in [3.05, 3.63) is 35.4 Å². The van der Waals surface area contributed by atoms with Crippen molar-refractivity contribution < 1.29 is 14.6 Å². The molecule has 1 aromatic carbocycles. The second-order valence-electron chi connectivity index (χ2n) is 5.21. The molecule has 2 N–H and O–H groups in total. The number of carbonyl (C=O) groups excluding carboxylic acids is 1. The second kappa shape index (κ2) is 7.41. The summed E-state index contributed by atoms with van der Waals surface area (Å²) in [6, 6.07) is 8.14. The Balaban J connectivity index is 1.83. The van der Waals surface area contributed by atoms with E-state index in [0.29, 0.717) is 26.0 Å². The normalized spacial score (nSPS) is 19.2. The lowest BCUT2D eigenvalue weighted by Crippen LogP contribution is -2.30. The summed E-state index contributed by atoms with van der Waals surface area (Å²) in [5.41, 5.74) is 2.40. The van der Waals surface area contributed by atoms with Gasteiger partial charge in [-0.2, -0.15) is 0 Å². The van der Waals surface area contributed by atoms with Gasteiger partial charge in [0.15, 0.2) is 0 Å². The Morgan fingerprint density at radius 3 is 3.10 bits per heavy atom. The molecule has 4 heteroatoms. The number of hydrogen-bond donors (Lipinski definition) is 2. The summed E-state index contributed by atoms with van der Waals surface area (Å²) >= 11 is 0. The lowest BCUT2D eigenvalue weighted by molar-refractivity contribution is -0.124. The molecule has 0 bridgehead atoms. The van der Waals surface area contributed by atoms with Crippen molar-refractivity contribution in [2.75, 3.05) is 13.2 Å². The first-order valence-corrected chi connectivity index (χ1v) is 7.35. The molecule has 110 valence electrons. The zero-order valence-corrected chi connectivity index (χ0v) is 12.0. The standard InChI is InChI=1S/C16H23NO3/c1-2-13(18)7-9-17-16(19)11-15-14-6-4-3-5-12(14)8-10-20-15/h3-6,13,15,18H,2,7-11H2,1H3,(H,17,19). The maximum atomic E-state index is 11.9. The van der Waals surface area contributed by atoms with Gasteiger partial charge in [-0.25, -0.2) is 0 Å². The van der Waals surface area contributed by atoms with E-state index in [9.17, 15) is 9.90 Å². The minimum atomic E-state index is -0.332. The average Bonchev–Trinajstić information content (AvgIpc) is 2.47. The summed E-state index contributed by atoms with van der Waals surface area (Å²) in [7, 11) is 0. The van der Waals surface area contributed by atoms with Crippen molar-refractivity contribution in [3.63, 3.8) is 0 Å². The molecule has 1 aliphatic rings. The second-order valence-corrected chi connectivity index (χ2v) is 5.21. The van der Waals surface area contributed by atoms with Crippen LogP contribution >= 0.6 is 0 Å². The molecule has 1 heterocycles. The molecule has 0 spiro atoms. The molecule has 1 aliphatic heterocycles. The number of amides is 1. The molecule has 1 aromatic rings. The van der Waals surface area contributed by atoms with Crippen LogP contribution in [0.15, 0.2) is 24.3 Å². The van der Waals surface area contributed by atoms with Gasteiger partial charge in [-0.3, -0.25) is 4.79 Å². The molecular weight excluding hydrogens is 254 g/mol. The molecule has 0 radical (unpaired) electrons. The molecule has 0 saturated carbocycles. The third kappa shape index (κ3) is 4.05. The Bertz CT molecular complexity index is 447. The van der Waals surface area contributed by atoms with E-state index in [1.54, 1.807) is 0 Å². The van der Waals surface area contributed by atoms with Gasteiger partial charge in [-0.05, 0) is 30.4 Å². The van der Waals surface area contributed by atoms with E-state index in [1.807, 2.05) is 25.1 Å². The predicted octanol–water partition coefficient (Wildman–Crippen LogP) is 1.97. The van der Waals surface area contributed by atoms with Gasteiger partial charge in [0.05, 0.1) is 25.2 Å². The van der Waals surface area contributed by atoms with Crippen LogP contribution in [0.5, 0.6) is 0 Å². The van der Waals surface area contributed by atoms with Gasteiger partial charge in [-0.15, -0.1) is 0 Å². The summed E-state index contributed by atoms with van der Waals surface area (Å²) < 4.78 is 5.71. The van der Waals surface area contributed by atoms with Crippen LogP contribution in [-0.4, -0.2) is 30.3 Å². The topological polar surface area (TPSA) is 58.6 Å². The van der Waals surface area contributed by atoms with Crippen LogP contribution in [0.2, 0.25) is 0 Å². The highest BCUT2D eigenvalue weighted by atomic mass is 16.5. The van der Waals surface area contributed by atoms with Gasteiger partial charge in [0.25, 0.3) is 0 Å². The zero-order valence-electron chi connectivity index (χ0n) is 12.0. The van der Waals surface area contributed by atoms with Crippen molar-refractivity contribution in [1.29, 1.82) is 0 Å². The summed E-state index contributed by atoms with van der Waals surface area (Å²) in [6.45, 7) is 3.12. The maximum Gasteiger partial charge on any atom is 0.222 e. The minimum absolute atomic E-state index is 0.0185. The number of aliphatic hydroxyl groups is 1. The fraction of sp³-hybridized carbons (Fsp3) is 0.562. The van der Waals surface area contributed by atoms with Gasteiger partial charge < -0.3 is 15.2 Å². The fourth-order valence-electron chi connectivity index (χ4n) is 2.47. The highest BCUT2D eigenvalue weighted by molar-refractivity contribution is 5.76. The highest BCUT2D eigenvalue weighted by Gasteiger charge is 2.22. The van der Waals surface area contributed by atoms with E-state index in [4.69, 9.17) is 4.74 Å². The van der Waals surface area contributed by atoms with Crippen LogP contribution in [0, 0.1) is 0 Å². The van der Waals surface area contributed by atoms with E-state index in [-0.39, 0.29) is 18.1 Å². The van der Waals surface area contributed by atoms with Crippen LogP contribution in [0.4, 0.5) is 0 Å². The van der Waals surface area contributed by atoms with Crippen LogP contribution in [0.3, 0.4) is 0 Å². The molecule has 0 aliphatic carbocycles. The number of fused-ring (bicyclic) bond motifs is 1. The van der Waals surface area contributed by atoms with E-state index in [0.717, 1.165) is 18.4 Å². The van der Waals surface area contributed by atoms with Crippen LogP contribution in [-0.2, 0) is 16.0 Å². The molecule has 2 atom stereocenters. The van der Waals surface area contributed by atoms with E-state index < -0.39 is 0 Å². The van der Waals surface area contributed by atoms with Gasteiger partial charge >= 0.3 is 0 Å². The first-order chi connectivity index (χ1) is 9.70. The quantitative estimate of drug-likeness (QED) is 0.836. The SMILES string of the molecule is CCC(O)CCNC(=O)CC1OCCc2ccccc21. The first kappa shape index (κ1) is 15.0. The van der Waals surface area contributed by atoms with Crippen molar-refractivity contribution in [1.82, 2.24) is 5.32 Å². The largest absolute Gasteiger partial charge is 0.393 e. The molecule has 0 saturated heterocycles. The lowest BCUT2D eigenvalue weighted by Gasteiger charge is -2.25. The molecule has 2 unspecified atom stereocenters. The number of nitrogens with one attached hydrogen (secondary N) is 1. The summed E-state index contributed by atoms with van der Waals surface area (Å²) in [5, 5.41) is 12.3. The summed E-state index contributed by atoms with van der Waals surface area (Å²) in [4.78, 5) is 11.9. The maximum absolute atomic E-state index is 11.9. The molecular formula is C16H23NO3. The lowest BCUT2D eigenvalue weighted by atomic mass is 9.95. The Kier molecular flexibility index (Phi) is 5.56. The van der Waals surface area contributed by atoms with Crippen LogP contribution in [0.25, 0.3) is 0 Å². The van der Waals surface area contributed by atoms with Gasteiger partial charge in [0, 0.05) is 6.54 Å². The number of carbonyl (C=O) groups is 1. The smallest absolute Gasteiger partial charge is 0.222 e. The molecule has 0 aromatic heterocycles. The Hall–Kier alpha value is -1.39. The highest BCUT2D eigenvalue weighted by Crippen LogP contribution is 2.29. The van der Waals surface area contributed by atoms with Crippen molar-refractivity contribution in [2.24, 2.45) is 0 Å². The summed E-state index contributed by atoms with van der Waals surface area (Å²) in [5.74, 6) is -0.0185. The zero-order chi connectivity index (χ0) is 14.4. The molecule has 2 rings (SSSR count). The number of rotatable bonds is 6. The molecule has 20 heavy (non-hydrogen) atoms. The van der Waals surface area contributed by atoms with Crippen molar-refractivity contribution in [2.45, 2.75) is 44.8 Å². The van der Waals surface area contributed by atoms with Gasteiger partial charge in [-0.1, -0.05) is 31.2 Å². The molecule has 4 nitrogen and oxygen atoms in total. The van der Waals surface area contributed by atoms with Crippen LogP contribution < -0.4 is 5.32 Å². The minimum Gasteiger partial charge on any atom is -0.393 e. The third-order valence-electron chi connectivity index (χ3n) is 3.73. The summed E-state index contributed by atoms with van der Waals surface area (Å²) in [6.07, 6.45) is 2.10. The monoisotopic (exact) mass is 277 g/mol. The molecule has 1 amide bonds. The van der Waals surface area contributed by atoms with Crippen molar-refractivity contribution >= 4 is 5.91 Å². The number of ether oxygens (including phenoxy) is 1. The van der Waals surface area contributed by atoms with Gasteiger partial charge in [0.2, 0.25) is 5.91 Å². The van der Waals surface area contributed by atoms with Crippen LogP contribution in [0.1, 0.15) is 43.4 Å². The predicted molar refractivity (Wildman–Crippen MR) is 77.4 cm³/mol. The van der Waals surface area contributed by atoms with E-state index in [1.165, 1.54) is 5.56 Å². The van der Waals surface area contributed by atoms with Gasteiger partial charge in [0.1, 0.15) is 0 Å². The molecule has 0 fully saturated rings. The number of benzene rings is 1. The Morgan fingerprint density at radius 1 is 1.50 bits per heavy atom. The fourth-order valence-corrected chi connectivity index (χ4v) is 2.47. The van der Waals surface area contributed by atoms with Crippen molar-refractivity contribution in [3.8, 4) is 0 Å². The van der Waals surface area contributed by atoms with E-state index in [2.05, 4.69) is 11.4 Å².